The van der Waals surface area contributed by atoms with E-state index in [4.69, 9.17) is 26.2 Å². The maximum Gasteiger partial charge on any atom is 0.339 e. The molecule has 10 rings (SSSR count). The molecule has 6 aromatic carbocycles. The maximum absolute atomic E-state index is 14.6. The van der Waals surface area contributed by atoms with Gasteiger partial charge < -0.3 is 40.7 Å². The zero-order valence-corrected chi connectivity index (χ0v) is 43.3. The summed E-state index contributed by atoms with van der Waals surface area (Å²) < 4.78 is 98.2. The lowest BCUT2D eigenvalue weighted by Gasteiger charge is -2.13. The Morgan fingerprint density at radius 1 is 0.519 bits per heavy atom. The molecule has 1 aliphatic carbocycles. The molecule has 0 saturated heterocycles. The largest absolute Gasteiger partial charge is 0.497 e. The lowest BCUT2D eigenvalue weighted by Crippen LogP contribution is -2.08. The number of hydrogen-bond donors (Lipinski definition) is 6. The van der Waals surface area contributed by atoms with Gasteiger partial charge in [-0.05, 0) is 150 Å². The van der Waals surface area contributed by atoms with Gasteiger partial charge in [0.15, 0.2) is 0 Å². The molecular formula is C60H45ClF6N6O8. The molecule has 0 amide bonds. The van der Waals surface area contributed by atoms with Gasteiger partial charge in [0, 0.05) is 29.2 Å². The molecule has 0 aliphatic heterocycles. The van der Waals surface area contributed by atoms with Crippen molar-refractivity contribution in [1.82, 2.24) is 15.0 Å². The first-order valence-electron chi connectivity index (χ1n) is 24.4. The summed E-state index contributed by atoms with van der Waals surface area (Å²) >= 11 is 6.05. The van der Waals surface area contributed by atoms with Crippen LogP contribution >= 0.6 is 11.6 Å². The van der Waals surface area contributed by atoms with Crippen LogP contribution in [0.1, 0.15) is 56.4 Å². The molecule has 21 heteroatoms. The molecule has 3 aromatic heterocycles. The van der Waals surface area contributed by atoms with Crippen molar-refractivity contribution in [2.45, 2.75) is 32.3 Å². The Bertz CT molecular complexity index is 3760. The number of nitrogens with one attached hydrogen (secondary N) is 3. The smallest absolute Gasteiger partial charge is 0.339 e. The van der Waals surface area contributed by atoms with E-state index in [1.807, 2.05) is 6.92 Å². The van der Waals surface area contributed by atoms with E-state index in [2.05, 4.69) is 30.9 Å². The number of ether oxygens (including phenoxy) is 2. The van der Waals surface area contributed by atoms with Gasteiger partial charge in [-0.15, -0.1) is 0 Å². The second kappa shape index (κ2) is 25.7. The van der Waals surface area contributed by atoms with E-state index in [0.29, 0.717) is 56.3 Å². The van der Waals surface area contributed by atoms with Crippen molar-refractivity contribution >= 4 is 64.0 Å². The van der Waals surface area contributed by atoms with Crippen molar-refractivity contribution < 1.29 is 65.5 Å². The second-order valence-electron chi connectivity index (χ2n) is 17.7. The Labute approximate surface area is 463 Å². The molecule has 1 aliphatic rings. The average Bonchev–Trinajstić information content (AvgIpc) is 4.37. The molecular weight excluding hydrogens is 1080 g/mol. The number of carboxylic acid groups (broad SMARTS) is 3. The topological polar surface area (TPSA) is 205 Å². The number of carbonyl (C=O) groups is 3. The Morgan fingerprint density at radius 2 is 0.951 bits per heavy atom. The van der Waals surface area contributed by atoms with Crippen molar-refractivity contribution in [2.75, 3.05) is 23.1 Å². The number of aryl methyl sites for hydroxylation is 1. The number of aromatic carboxylic acids is 3. The SMILES string of the molecule is CCc1cnc(Nc2c(F)cc(-c3cccc(OC)c3)cc2F)c(C(=O)O)c1.O=C(O)c1cccnc1Nc1c(F)cc(-c2cccc(OC3CC3)c2)cc1F.O=C(O)c1cccnc1Nc1c(F)cc(-c2ccccc2Cl)cc1F. The van der Waals surface area contributed by atoms with Crippen LogP contribution in [-0.2, 0) is 6.42 Å². The fraction of sp³-hybridized carbons (Fsp3) is 0.100. The second-order valence-corrected chi connectivity index (χ2v) is 18.1. The summed E-state index contributed by atoms with van der Waals surface area (Å²) in [5, 5.41) is 35.4. The first kappa shape index (κ1) is 57.2. The van der Waals surface area contributed by atoms with Crippen LogP contribution in [0, 0.1) is 34.9 Å². The maximum atomic E-state index is 14.6. The number of carboxylic acids is 3. The van der Waals surface area contributed by atoms with Crippen LogP contribution < -0.4 is 25.4 Å². The minimum Gasteiger partial charge on any atom is -0.497 e. The van der Waals surface area contributed by atoms with E-state index < -0.39 is 69.9 Å². The lowest BCUT2D eigenvalue weighted by molar-refractivity contribution is 0.0686. The van der Waals surface area contributed by atoms with Gasteiger partial charge in [0.2, 0.25) is 0 Å². The Balaban J connectivity index is 0.000000160. The van der Waals surface area contributed by atoms with Crippen LogP contribution in [0.2, 0.25) is 5.02 Å². The molecule has 0 unspecified atom stereocenters. The van der Waals surface area contributed by atoms with E-state index in [9.17, 15) is 50.9 Å². The summed E-state index contributed by atoms with van der Waals surface area (Å²) in [5.41, 5.74) is 1.38. The summed E-state index contributed by atoms with van der Waals surface area (Å²) in [5.74, 6) is -8.18. The van der Waals surface area contributed by atoms with Crippen LogP contribution in [0.25, 0.3) is 33.4 Å². The Hall–Kier alpha value is -9.95. The van der Waals surface area contributed by atoms with Gasteiger partial charge >= 0.3 is 17.9 Å². The van der Waals surface area contributed by atoms with Gasteiger partial charge in [-0.25, -0.2) is 55.7 Å². The summed E-state index contributed by atoms with van der Waals surface area (Å²) in [7, 11) is 1.50. The quantitative estimate of drug-likeness (QED) is 0.0498. The van der Waals surface area contributed by atoms with Crippen molar-refractivity contribution in [2.24, 2.45) is 0 Å². The standard InChI is InChI=1S/C21H16F2N2O3.C21H18F2N2O3.C18H11ClF2N2O2/c22-17-10-13(12-3-1-4-15(9-12)28-14-6-7-14)11-18(23)19(17)25-20-16(21(26)27)5-2-8-24-20;1-3-12-7-16(21(26)27)20(24-11-12)25-19-17(22)9-14(10-18(19)23)13-5-4-6-15(8-13)28-2;19-13-6-2-1-4-11(13)10-8-14(20)16(15(21)9-10)23-17-12(18(24)25)5-3-7-22-17/h1-5,8-11,14H,6-7H2,(H,24,25)(H,26,27);4-11H,3H2,1-2H3,(H,24,25)(H,26,27);1-9H,(H,22,23)(H,24,25). The first-order valence-corrected chi connectivity index (χ1v) is 24.8. The monoisotopic (exact) mass is 1130 g/mol. The van der Waals surface area contributed by atoms with Crippen molar-refractivity contribution in [1.29, 1.82) is 0 Å². The van der Waals surface area contributed by atoms with E-state index >= 15 is 0 Å². The number of aromatic nitrogens is 3. The number of rotatable bonds is 16. The van der Waals surface area contributed by atoms with Crippen molar-refractivity contribution in [3.8, 4) is 44.9 Å². The number of hydrogen-bond acceptors (Lipinski definition) is 11. The van der Waals surface area contributed by atoms with E-state index in [1.54, 1.807) is 72.8 Å². The van der Waals surface area contributed by atoms with Crippen LogP contribution in [0.5, 0.6) is 11.5 Å². The van der Waals surface area contributed by atoms with Crippen molar-refractivity contribution in [3.63, 3.8) is 0 Å². The fourth-order valence-corrected chi connectivity index (χ4v) is 8.11. The summed E-state index contributed by atoms with van der Waals surface area (Å²) in [6.45, 7) is 1.85. The predicted octanol–water partition coefficient (Wildman–Crippen LogP) is 15.2. The zero-order chi connectivity index (χ0) is 57.9. The summed E-state index contributed by atoms with van der Waals surface area (Å²) in [4.78, 5) is 45.6. The molecule has 0 radical (unpaired) electrons. The molecule has 6 N–H and O–H groups in total. The number of nitrogens with zero attached hydrogens (tertiary/aromatic N) is 3. The normalized spacial score (nSPS) is 11.5. The number of methoxy groups -OCH3 is 1. The molecule has 0 atom stereocenters. The minimum atomic E-state index is -1.26. The third-order valence-corrected chi connectivity index (χ3v) is 12.4. The van der Waals surface area contributed by atoms with Gasteiger partial charge in [-0.2, -0.15) is 0 Å². The molecule has 3 heterocycles. The van der Waals surface area contributed by atoms with Crippen molar-refractivity contribution in [3.05, 3.63) is 220 Å². The Morgan fingerprint density at radius 3 is 1.38 bits per heavy atom. The molecule has 9 aromatic rings. The third-order valence-electron chi connectivity index (χ3n) is 12.1. The number of benzene rings is 6. The molecule has 0 bridgehead atoms. The van der Waals surface area contributed by atoms with Crippen LogP contribution in [0.15, 0.2) is 158 Å². The van der Waals surface area contributed by atoms with Gasteiger partial charge in [0.1, 0.15) is 97.6 Å². The highest BCUT2D eigenvalue weighted by molar-refractivity contribution is 6.33. The van der Waals surface area contributed by atoms with Crippen LogP contribution in [0.3, 0.4) is 0 Å². The first-order chi connectivity index (χ1) is 38.9. The van der Waals surface area contributed by atoms with E-state index in [0.717, 1.165) is 25.0 Å². The van der Waals surface area contributed by atoms with Crippen LogP contribution in [-0.4, -0.2) is 61.4 Å². The number of halogens is 7. The van der Waals surface area contributed by atoms with E-state index in [1.165, 1.54) is 80.3 Å². The Kier molecular flexibility index (Phi) is 18.1. The molecule has 1 saturated carbocycles. The highest BCUT2D eigenvalue weighted by Gasteiger charge is 2.25. The molecule has 0 spiro atoms. The van der Waals surface area contributed by atoms with Crippen LogP contribution in [0.4, 0.5) is 60.9 Å². The molecule has 81 heavy (non-hydrogen) atoms. The summed E-state index contributed by atoms with van der Waals surface area (Å²) in [6.07, 6.45) is 6.96. The molecule has 1 fully saturated rings. The van der Waals surface area contributed by atoms with Gasteiger partial charge in [0.05, 0.1) is 13.2 Å². The minimum absolute atomic E-state index is 0.128. The zero-order valence-electron chi connectivity index (χ0n) is 42.6. The molecule has 412 valence electrons. The highest BCUT2D eigenvalue weighted by atomic mass is 35.5. The van der Waals surface area contributed by atoms with Gasteiger partial charge in [-0.1, -0.05) is 61.0 Å². The van der Waals surface area contributed by atoms with Gasteiger partial charge in [-0.3, -0.25) is 0 Å². The number of pyridine rings is 3. The van der Waals surface area contributed by atoms with E-state index in [-0.39, 0.29) is 45.8 Å². The average molecular weight is 1130 g/mol. The third kappa shape index (κ3) is 14.2. The highest BCUT2D eigenvalue weighted by Crippen LogP contribution is 2.36. The van der Waals surface area contributed by atoms with Gasteiger partial charge in [0.25, 0.3) is 0 Å². The fourth-order valence-electron chi connectivity index (χ4n) is 7.87. The lowest BCUT2D eigenvalue weighted by atomic mass is 10.0. The molecule has 14 nitrogen and oxygen atoms in total. The summed E-state index contributed by atoms with van der Waals surface area (Å²) in [6, 6.07) is 34.3. The predicted molar refractivity (Wildman–Crippen MR) is 293 cm³/mol. The number of anilines is 6.